The van der Waals surface area contributed by atoms with Crippen LogP contribution in [-0.4, -0.2) is 30.6 Å². The maximum Gasteiger partial charge on any atom is 0.0821 e. The van der Waals surface area contributed by atoms with Crippen LogP contribution in [0.25, 0.3) is 0 Å². The number of aryl methyl sites for hydroxylation is 1. The Morgan fingerprint density at radius 3 is 2.81 bits per heavy atom. The van der Waals surface area contributed by atoms with Gasteiger partial charge in [-0.15, -0.1) is 0 Å². The first-order valence-electron chi connectivity index (χ1n) is 6.09. The fourth-order valence-corrected chi connectivity index (χ4v) is 2.53. The van der Waals surface area contributed by atoms with E-state index in [0.717, 1.165) is 31.4 Å². The predicted molar refractivity (Wildman–Crippen MR) is 66.4 cm³/mol. The highest BCUT2D eigenvalue weighted by Crippen LogP contribution is 2.35. The van der Waals surface area contributed by atoms with Crippen molar-refractivity contribution < 1.29 is 5.11 Å². The third kappa shape index (κ3) is 2.45. The molecule has 0 bridgehead atoms. The predicted octanol–water partition coefficient (Wildman–Crippen LogP) is 2.23. The van der Waals surface area contributed by atoms with Crippen molar-refractivity contribution in [2.45, 2.75) is 25.4 Å². The van der Waals surface area contributed by atoms with E-state index in [1.54, 1.807) is 0 Å². The Kier molecular flexibility index (Phi) is 3.62. The Balaban J connectivity index is 2.06. The smallest absolute Gasteiger partial charge is 0.0821 e. The van der Waals surface area contributed by atoms with E-state index in [0.29, 0.717) is 5.92 Å². The average Bonchev–Trinajstić information content (AvgIpc) is 2.28. The monoisotopic (exact) mass is 219 g/mol. The Labute approximate surface area is 97.9 Å². The molecule has 1 N–H and O–H groups in total. The fraction of sp³-hybridized carbons (Fsp3) is 0.571. The second-order valence-corrected chi connectivity index (χ2v) is 5.03. The summed E-state index contributed by atoms with van der Waals surface area (Å²) in [6.45, 7) is 1.06. The van der Waals surface area contributed by atoms with E-state index in [9.17, 15) is 5.11 Å². The van der Waals surface area contributed by atoms with Crippen molar-refractivity contribution in [1.82, 2.24) is 4.90 Å². The minimum atomic E-state index is -0.259. The summed E-state index contributed by atoms with van der Waals surface area (Å²) >= 11 is 0. The zero-order chi connectivity index (χ0) is 11.5. The molecule has 0 heterocycles. The molecule has 2 atom stereocenters. The van der Waals surface area contributed by atoms with Gasteiger partial charge in [0.15, 0.2) is 0 Å². The first-order chi connectivity index (χ1) is 7.68. The summed E-state index contributed by atoms with van der Waals surface area (Å²) in [5.74, 6) is 0.428. The van der Waals surface area contributed by atoms with E-state index in [-0.39, 0.29) is 6.10 Å². The van der Waals surface area contributed by atoms with Gasteiger partial charge in [0, 0.05) is 0 Å². The van der Waals surface area contributed by atoms with Crippen LogP contribution in [0.5, 0.6) is 0 Å². The number of benzene rings is 1. The van der Waals surface area contributed by atoms with Crippen LogP contribution in [0.4, 0.5) is 0 Å². The number of nitrogens with zero attached hydrogens (tertiary/aromatic N) is 1. The summed E-state index contributed by atoms with van der Waals surface area (Å²) < 4.78 is 0. The third-order valence-corrected chi connectivity index (χ3v) is 3.55. The number of fused-ring (bicyclic) bond motifs is 1. The molecular weight excluding hydrogens is 198 g/mol. The number of hydrogen-bond donors (Lipinski definition) is 1. The van der Waals surface area contributed by atoms with E-state index in [2.05, 4.69) is 37.2 Å². The molecule has 1 aliphatic carbocycles. The van der Waals surface area contributed by atoms with Gasteiger partial charge < -0.3 is 10.0 Å². The molecule has 88 valence electrons. The van der Waals surface area contributed by atoms with Crippen LogP contribution in [0.2, 0.25) is 0 Å². The van der Waals surface area contributed by atoms with Gasteiger partial charge in [0.05, 0.1) is 6.10 Å². The second-order valence-electron chi connectivity index (χ2n) is 5.03. The van der Waals surface area contributed by atoms with E-state index in [1.807, 2.05) is 6.07 Å². The summed E-state index contributed by atoms with van der Waals surface area (Å²) in [7, 11) is 4.17. The highest BCUT2D eigenvalue weighted by atomic mass is 16.3. The van der Waals surface area contributed by atoms with Gasteiger partial charge in [-0.2, -0.15) is 0 Å². The van der Waals surface area contributed by atoms with Gasteiger partial charge in [-0.25, -0.2) is 0 Å². The number of aliphatic hydroxyl groups is 1. The SMILES string of the molecule is CN(C)CCC1CCc2ccccc2C1O. The van der Waals surface area contributed by atoms with E-state index < -0.39 is 0 Å². The zero-order valence-corrected chi connectivity index (χ0v) is 10.2. The van der Waals surface area contributed by atoms with Crippen molar-refractivity contribution in [2.24, 2.45) is 5.92 Å². The van der Waals surface area contributed by atoms with Gasteiger partial charge >= 0.3 is 0 Å². The molecule has 1 aliphatic rings. The van der Waals surface area contributed by atoms with E-state index in [4.69, 9.17) is 0 Å². The van der Waals surface area contributed by atoms with Crippen LogP contribution < -0.4 is 0 Å². The van der Waals surface area contributed by atoms with Crippen molar-refractivity contribution in [3.8, 4) is 0 Å². The lowest BCUT2D eigenvalue weighted by Crippen LogP contribution is -2.24. The molecule has 2 heteroatoms. The van der Waals surface area contributed by atoms with Gasteiger partial charge in [0.2, 0.25) is 0 Å². The molecule has 2 nitrogen and oxygen atoms in total. The number of hydrogen-bond acceptors (Lipinski definition) is 2. The molecule has 16 heavy (non-hydrogen) atoms. The topological polar surface area (TPSA) is 23.5 Å². The van der Waals surface area contributed by atoms with Crippen molar-refractivity contribution in [2.75, 3.05) is 20.6 Å². The first-order valence-corrected chi connectivity index (χ1v) is 6.09. The fourth-order valence-electron chi connectivity index (χ4n) is 2.53. The molecule has 0 aromatic heterocycles. The molecule has 0 fully saturated rings. The van der Waals surface area contributed by atoms with Gasteiger partial charge in [-0.05, 0) is 56.9 Å². The molecule has 1 aromatic rings. The summed E-state index contributed by atoms with van der Waals surface area (Å²) in [6.07, 6.45) is 3.06. The average molecular weight is 219 g/mol. The Morgan fingerprint density at radius 2 is 2.06 bits per heavy atom. The van der Waals surface area contributed by atoms with Crippen molar-refractivity contribution in [1.29, 1.82) is 0 Å². The Bertz CT molecular complexity index is 348. The molecule has 1 aromatic carbocycles. The standard InChI is InChI=1S/C14H21NO/c1-15(2)10-9-12-8-7-11-5-3-4-6-13(11)14(12)16/h3-6,12,14,16H,7-10H2,1-2H3. The second kappa shape index (κ2) is 4.98. The normalized spacial score (nSPS) is 24.5. The lowest BCUT2D eigenvalue weighted by molar-refractivity contribution is 0.0839. The third-order valence-electron chi connectivity index (χ3n) is 3.55. The van der Waals surface area contributed by atoms with Crippen LogP contribution in [0.1, 0.15) is 30.1 Å². The van der Waals surface area contributed by atoms with Crippen molar-refractivity contribution in [3.05, 3.63) is 35.4 Å². The van der Waals surface area contributed by atoms with Crippen molar-refractivity contribution in [3.63, 3.8) is 0 Å². The molecule has 0 amide bonds. The summed E-state index contributed by atoms with van der Waals surface area (Å²) in [4.78, 5) is 2.19. The highest BCUT2D eigenvalue weighted by Gasteiger charge is 2.27. The molecule has 0 spiro atoms. The zero-order valence-electron chi connectivity index (χ0n) is 10.2. The first kappa shape index (κ1) is 11.6. The number of aliphatic hydroxyl groups excluding tert-OH is 1. The molecular formula is C14H21NO. The molecule has 0 saturated carbocycles. The number of rotatable bonds is 3. The minimum absolute atomic E-state index is 0.259. The maximum atomic E-state index is 10.3. The van der Waals surface area contributed by atoms with Crippen LogP contribution in [0.3, 0.4) is 0 Å². The van der Waals surface area contributed by atoms with Crippen LogP contribution in [-0.2, 0) is 6.42 Å². The van der Waals surface area contributed by atoms with Crippen LogP contribution in [0, 0.1) is 5.92 Å². The summed E-state index contributed by atoms with van der Waals surface area (Å²) in [5.41, 5.74) is 2.48. The van der Waals surface area contributed by atoms with E-state index in [1.165, 1.54) is 5.56 Å². The van der Waals surface area contributed by atoms with E-state index >= 15 is 0 Å². The van der Waals surface area contributed by atoms with Gasteiger partial charge in [0.1, 0.15) is 0 Å². The molecule has 0 saturated heterocycles. The Hall–Kier alpha value is -0.860. The summed E-state index contributed by atoms with van der Waals surface area (Å²) in [5, 5.41) is 10.3. The van der Waals surface area contributed by atoms with Crippen LogP contribution in [0.15, 0.2) is 24.3 Å². The Morgan fingerprint density at radius 1 is 1.31 bits per heavy atom. The quantitative estimate of drug-likeness (QED) is 0.842. The van der Waals surface area contributed by atoms with Gasteiger partial charge in [-0.1, -0.05) is 24.3 Å². The molecule has 0 aliphatic heterocycles. The van der Waals surface area contributed by atoms with Crippen LogP contribution >= 0.6 is 0 Å². The minimum Gasteiger partial charge on any atom is -0.388 e. The van der Waals surface area contributed by atoms with Gasteiger partial charge in [0.25, 0.3) is 0 Å². The maximum absolute atomic E-state index is 10.3. The molecule has 2 rings (SSSR count). The summed E-state index contributed by atoms with van der Waals surface area (Å²) in [6, 6.07) is 8.30. The molecule has 2 unspecified atom stereocenters. The molecule has 0 radical (unpaired) electrons. The lowest BCUT2D eigenvalue weighted by atomic mass is 9.80. The lowest BCUT2D eigenvalue weighted by Gasteiger charge is -2.30. The van der Waals surface area contributed by atoms with Gasteiger partial charge in [-0.3, -0.25) is 0 Å². The largest absolute Gasteiger partial charge is 0.388 e. The highest BCUT2D eigenvalue weighted by molar-refractivity contribution is 5.31. The van der Waals surface area contributed by atoms with Crippen molar-refractivity contribution >= 4 is 0 Å².